The number of benzene rings is 2. The predicted molar refractivity (Wildman–Crippen MR) is 148 cm³/mol. The van der Waals surface area contributed by atoms with Crippen molar-refractivity contribution >= 4 is 29.3 Å². The summed E-state index contributed by atoms with van der Waals surface area (Å²) in [6, 6.07) is 13.8. The van der Waals surface area contributed by atoms with Crippen LogP contribution in [0.25, 0.3) is 0 Å². The largest absolute Gasteiger partial charge is 0.461 e. The van der Waals surface area contributed by atoms with Gasteiger partial charge in [-0.15, -0.1) is 11.8 Å². The van der Waals surface area contributed by atoms with Crippen molar-refractivity contribution in [1.29, 1.82) is 0 Å². The molecule has 0 radical (unpaired) electrons. The molecule has 206 valence electrons. The summed E-state index contributed by atoms with van der Waals surface area (Å²) in [5, 5.41) is 15.4. The minimum atomic E-state index is -0.520. The summed E-state index contributed by atoms with van der Waals surface area (Å²) in [6.07, 6.45) is 4.76. The Labute approximate surface area is 229 Å². The highest BCUT2D eigenvalue weighted by Gasteiger charge is 2.29. The van der Waals surface area contributed by atoms with E-state index in [0.29, 0.717) is 19.5 Å². The van der Waals surface area contributed by atoms with E-state index in [0.717, 1.165) is 53.0 Å². The molecule has 9 heteroatoms. The lowest BCUT2D eigenvalue weighted by Gasteiger charge is -2.25. The molecule has 8 nitrogen and oxygen atoms in total. The highest BCUT2D eigenvalue weighted by molar-refractivity contribution is 8.01. The van der Waals surface area contributed by atoms with E-state index in [4.69, 9.17) is 14.7 Å². The van der Waals surface area contributed by atoms with E-state index in [1.807, 2.05) is 45.0 Å². The Kier molecular flexibility index (Phi) is 9.70. The fourth-order valence-corrected chi connectivity index (χ4v) is 5.83. The number of rotatable bonds is 11. The molecule has 1 saturated carbocycles. The third-order valence-corrected chi connectivity index (χ3v) is 8.06. The Bertz CT molecular complexity index is 1100. The molecule has 0 bridgehead atoms. The van der Waals surface area contributed by atoms with Gasteiger partial charge < -0.3 is 14.8 Å². The van der Waals surface area contributed by atoms with Crippen molar-refractivity contribution in [3.05, 3.63) is 59.2 Å². The molecule has 4 N–H and O–H groups in total. The number of anilines is 1. The molecule has 2 aromatic carbocycles. The molecule has 0 aromatic heterocycles. The second-order valence-electron chi connectivity index (χ2n) is 11.0. The van der Waals surface area contributed by atoms with Gasteiger partial charge in [0.2, 0.25) is 0 Å². The fourth-order valence-electron chi connectivity index (χ4n) is 4.58. The molecule has 38 heavy (non-hydrogen) atoms. The molecule has 2 aromatic rings. The first kappa shape index (κ1) is 28.4. The summed E-state index contributed by atoms with van der Waals surface area (Å²) in [7, 11) is 0. The van der Waals surface area contributed by atoms with Gasteiger partial charge in [0.05, 0.1) is 17.5 Å². The molecule has 1 amide bonds. The number of esters is 1. The van der Waals surface area contributed by atoms with E-state index in [1.165, 1.54) is 11.8 Å². The maximum atomic E-state index is 12.8. The van der Waals surface area contributed by atoms with Crippen LogP contribution in [0.3, 0.4) is 0 Å². The molecule has 1 aliphatic heterocycles. The molecule has 2 aliphatic rings. The Hall–Kier alpha value is -2.59. The molecule has 1 fully saturated rings. The lowest BCUT2D eigenvalue weighted by molar-refractivity contribution is -0.154. The molecule has 4 rings (SSSR count). The van der Waals surface area contributed by atoms with Crippen LogP contribution in [0, 0.1) is 0 Å². The number of hydroxylamine groups is 1. The van der Waals surface area contributed by atoms with Gasteiger partial charge in [-0.3, -0.25) is 20.1 Å². The number of hydrogen-bond donors (Lipinski definition) is 4. The van der Waals surface area contributed by atoms with Gasteiger partial charge in [0.1, 0.15) is 12.1 Å². The lowest BCUT2D eigenvalue weighted by atomic mass is 10.1. The molecular weight excluding hydrogens is 502 g/mol. The van der Waals surface area contributed by atoms with E-state index in [-0.39, 0.29) is 35.4 Å². The SMILES string of the molecule is CC(C)(C)OC[C@H](NCc1ccc(NCc2ccc3c(c2)SC(C(=O)NO)C3)cc1)C(=O)OC1CCCC1. The number of amides is 1. The van der Waals surface area contributed by atoms with Crippen molar-refractivity contribution in [3.8, 4) is 0 Å². The van der Waals surface area contributed by atoms with E-state index < -0.39 is 6.04 Å². The van der Waals surface area contributed by atoms with Crippen molar-refractivity contribution in [1.82, 2.24) is 10.8 Å². The van der Waals surface area contributed by atoms with Crippen LogP contribution in [0.1, 0.15) is 63.1 Å². The molecule has 1 unspecified atom stereocenters. The number of carbonyl (C=O) groups is 2. The van der Waals surface area contributed by atoms with Gasteiger partial charge in [0.25, 0.3) is 5.91 Å². The zero-order valence-electron chi connectivity index (χ0n) is 22.4. The normalized spacial score (nSPS) is 18.2. The van der Waals surface area contributed by atoms with Gasteiger partial charge in [-0.25, -0.2) is 5.48 Å². The van der Waals surface area contributed by atoms with Crippen LogP contribution in [0.4, 0.5) is 5.69 Å². The quantitative estimate of drug-likeness (QED) is 0.186. The summed E-state index contributed by atoms with van der Waals surface area (Å²) in [6.45, 7) is 7.38. The van der Waals surface area contributed by atoms with Gasteiger partial charge in [0, 0.05) is 23.7 Å². The van der Waals surface area contributed by atoms with Gasteiger partial charge in [0.15, 0.2) is 0 Å². The fraction of sp³-hybridized carbons (Fsp3) is 0.517. The summed E-state index contributed by atoms with van der Waals surface area (Å²) >= 11 is 1.48. The van der Waals surface area contributed by atoms with Crippen LogP contribution in [-0.4, -0.2) is 46.7 Å². The first-order chi connectivity index (χ1) is 18.2. The topological polar surface area (TPSA) is 109 Å². The number of nitrogens with one attached hydrogen (secondary N) is 3. The maximum absolute atomic E-state index is 12.8. The predicted octanol–water partition coefficient (Wildman–Crippen LogP) is 4.58. The zero-order chi connectivity index (χ0) is 27.1. The second kappa shape index (κ2) is 13.0. The third-order valence-electron chi connectivity index (χ3n) is 6.76. The molecule has 0 saturated heterocycles. The molecule has 2 atom stereocenters. The van der Waals surface area contributed by atoms with Crippen molar-refractivity contribution in [3.63, 3.8) is 0 Å². The Morgan fingerprint density at radius 2 is 1.76 bits per heavy atom. The van der Waals surface area contributed by atoms with E-state index in [9.17, 15) is 9.59 Å². The highest BCUT2D eigenvalue weighted by atomic mass is 32.2. The number of fused-ring (bicyclic) bond motifs is 1. The first-order valence-electron chi connectivity index (χ1n) is 13.3. The molecular formula is C29H39N3O5S. The van der Waals surface area contributed by atoms with Crippen molar-refractivity contribution < 1.29 is 24.3 Å². The van der Waals surface area contributed by atoms with Crippen molar-refractivity contribution in [2.24, 2.45) is 0 Å². The maximum Gasteiger partial charge on any atom is 0.325 e. The molecule has 0 spiro atoms. The van der Waals surface area contributed by atoms with Crippen LogP contribution in [-0.2, 0) is 38.6 Å². The average molecular weight is 542 g/mol. The number of ether oxygens (including phenoxy) is 2. The van der Waals surface area contributed by atoms with Gasteiger partial charge in [-0.2, -0.15) is 0 Å². The zero-order valence-corrected chi connectivity index (χ0v) is 23.2. The molecule has 1 heterocycles. The van der Waals surface area contributed by atoms with Crippen LogP contribution >= 0.6 is 11.8 Å². The molecule has 1 aliphatic carbocycles. The summed E-state index contributed by atoms with van der Waals surface area (Å²) < 4.78 is 11.7. The lowest BCUT2D eigenvalue weighted by Crippen LogP contribution is -2.44. The van der Waals surface area contributed by atoms with E-state index in [1.54, 1.807) is 5.48 Å². The van der Waals surface area contributed by atoms with Crippen LogP contribution in [0.15, 0.2) is 47.4 Å². The number of thioether (sulfide) groups is 1. The standard InChI is InChI=1S/C29H39N3O5S/c1-29(2,3)36-18-24(28(34)37-23-6-4-5-7-23)31-16-19-9-12-22(13-10-19)30-17-20-8-11-21-15-26(27(33)32-35)38-25(21)14-20/h8-14,23-24,26,30-31,35H,4-7,15-18H2,1-3H3,(H,32,33)/t24-,26?/m0/s1. The summed E-state index contributed by atoms with van der Waals surface area (Å²) in [5.41, 5.74) is 5.71. The Morgan fingerprint density at radius 1 is 1.05 bits per heavy atom. The Morgan fingerprint density at radius 3 is 2.45 bits per heavy atom. The summed E-state index contributed by atoms with van der Waals surface area (Å²) in [4.78, 5) is 25.7. The van der Waals surface area contributed by atoms with E-state index in [2.05, 4.69) is 28.8 Å². The summed E-state index contributed by atoms with van der Waals surface area (Å²) in [5.74, 6) is -0.602. The smallest absolute Gasteiger partial charge is 0.325 e. The first-order valence-corrected chi connectivity index (χ1v) is 14.2. The average Bonchev–Trinajstić information content (AvgIpc) is 3.56. The van der Waals surface area contributed by atoms with Crippen LogP contribution in [0.5, 0.6) is 0 Å². The van der Waals surface area contributed by atoms with Gasteiger partial charge in [-0.05, 0) is 87.8 Å². The van der Waals surface area contributed by atoms with Crippen molar-refractivity contribution in [2.75, 3.05) is 11.9 Å². The number of hydrogen-bond acceptors (Lipinski definition) is 8. The third kappa shape index (κ3) is 8.20. The van der Waals surface area contributed by atoms with Crippen molar-refractivity contribution in [2.45, 2.75) is 93.9 Å². The second-order valence-corrected chi connectivity index (χ2v) is 12.2. The Balaban J connectivity index is 1.28. The van der Waals surface area contributed by atoms with E-state index >= 15 is 0 Å². The monoisotopic (exact) mass is 541 g/mol. The minimum Gasteiger partial charge on any atom is -0.461 e. The van der Waals surface area contributed by atoms with Crippen LogP contribution in [0.2, 0.25) is 0 Å². The number of carbonyl (C=O) groups excluding carboxylic acids is 2. The minimum absolute atomic E-state index is 0.0255. The van der Waals surface area contributed by atoms with Gasteiger partial charge >= 0.3 is 5.97 Å². The highest BCUT2D eigenvalue weighted by Crippen LogP contribution is 2.37. The van der Waals surface area contributed by atoms with Gasteiger partial charge in [-0.1, -0.05) is 24.3 Å². The van der Waals surface area contributed by atoms with Crippen LogP contribution < -0.4 is 16.1 Å².